The molecule has 7 heteroatoms. The normalized spacial score (nSPS) is 13.1. The first-order valence-corrected chi connectivity index (χ1v) is 12.1. The SMILES string of the molecule is CCCCCNC(=O)C(c1cccc(C)c1C)N(CCC)C(=O)C(C)NC(=O)OC(C)(C)C. The molecule has 0 aliphatic heterocycles. The number of unbranched alkanes of at least 4 members (excludes halogenated alkanes) is 2. The Morgan fingerprint density at radius 2 is 1.73 bits per heavy atom. The second kappa shape index (κ2) is 13.2. The Morgan fingerprint density at radius 3 is 2.30 bits per heavy atom. The molecule has 0 saturated carbocycles. The van der Waals surface area contributed by atoms with Gasteiger partial charge in [0.2, 0.25) is 11.8 Å². The molecule has 0 heterocycles. The van der Waals surface area contributed by atoms with Gasteiger partial charge < -0.3 is 20.3 Å². The van der Waals surface area contributed by atoms with Crippen LogP contribution in [0.25, 0.3) is 0 Å². The highest BCUT2D eigenvalue weighted by Gasteiger charge is 2.35. The van der Waals surface area contributed by atoms with Crippen molar-refractivity contribution in [2.45, 2.75) is 98.8 Å². The minimum atomic E-state index is -0.841. The molecule has 3 amide bonds. The summed E-state index contributed by atoms with van der Waals surface area (Å²) in [6, 6.07) is 4.19. The number of hydrogen-bond acceptors (Lipinski definition) is 4. The number of rotatable bonds is 11. The van der Waals surface area contributed by atoms with E-state index in [0.29, 0.717) is 19.5 Å². The molecule has 0 saturated heterocycles. The summed E-state index contributed by atoms with van der Waals surface area (Å²) in [7, 11) is 0. The number of carbonyl (C=O) groups is 3. The lowest BCUT2D eigenvalue weighted by Gasteiger charge is -2.34. The Morgan fingerprint density at radius 1 is 1.06 bits per heavy atom. The molecular weight excluding hydrogens is 418 g/mol. The standard InChI is InChI=1S/C26H43N3O4/c1-9-11-12-16-27-23(30)22(21-15-13-14-18(3)19(21)4)29(17-10-2)24(31)20(5)28-25(32)33-26(6,7)8/h13-15,20,22H,9-12,16-17H2,1-8H3,(H,27,30)(H,28,32). The van der Waals surface area contributed by atoms with Crippen molar-refractivity contribution in [1.29, 1.82) is 0 Å². The molecule has 2 unspecified atom stereocenters. The third-order valence-electron chi connectivity index (χ3n) is 5.43. The number of hydrogen-bond donors (Lipinski definition) is 2. The molecule has 0 aliphatic carbocycles. The average molecular weight is 462 g/mol. The van der Waals surface area contributed by atoms with Gasteiger partial charge in [-0.1, -0.05) is 44.9 Å². The van der Waals surface area contributed by atoms with E-state index in [1.165, 1.54) is 0 Å². The number of amides is 3. The smallest absolute Gasteiger partial charge is 0.408 e. The van der Waals surface area contributed by atoms with Gasteiger partial charge in [0.1, 0.15) is 17.7 Å². The van der Waals surface area contributed by atoms with Gasteiger partial charge in [0.25, 0.3) is 0 Å². The molecule has 186 valence electrons. The van der Waals surface area contributed by atoms with Crippen LogP contribution in [-0.2, 0) is 14.3 Å². The Bertz CT molecular complexity index is 801. The zero-order valence-electron chi connectivity index (χ0n) is 21.7. The highest BCUT2D eigenvalue weighted by molar-refractivity contribution is 5.92. The Labute approximate surface area is 199 Å². The summed E-state index contributed by atoms with van der Waals surface area (Å²) in [5.74, 6) is -0.525. The van der Waals surface area contributed by atoms with Crippen molar-refractivity contribution in [2.24, 2.45) is 0 Å². The number of ether oxygens (including phenoxy) is 1. The second-order valence-corrected chi connectivity index (χ2v) is 9.59. The van der Waals surface area contributed by atoms with Crippen molar-refractivity contribution in [2.75, 3.05) is 13.1 Å². The van der Waals surface area contributed by atoms with Gasteiger partial charge in [-0.25, -0.2) is 4.79 Å². The average Bonchev–Trinajstić information content (AvgIpc) is 2.71. The van der Waals surface area contributed by atoms with E-state index in [9.17, 15) is 14.4 Å². The molecule has 0 aromatic heterocycles. The summed E-state index contributed by atoms with van der Waals surface area (Å²) in [5.41, 5.74) is 2.16. The first kappa shape index (κ1) is 28.5. The second-order valence-electron chi connectivity index (χ2n) is 9.59. The molecule has 0 fully saturated rings. The van der Waals surface area contributed by atoms with E-state index in [2.05, 4.69) is 17.6 Å². The van der Waals surface area contributed by atoms with E-state index in [0.717, 1.165) is 36.0 Å². The van der Waals surface area contributed by atoms with Gasteiger partial charge in [0.15, 0.2) is 0 Å². The third kappa shape index (κ3) is 9.06. The summed E-state index contributed by atoms with van der Waals surface area (Å²) in [5, 5.41) is 5.64. The molecule has 7 nitrogen and oxygen atoms in total. The predicted octanol–water partition coefficient (Wildman–Crippen LogP) is 4.80. The van der Waals surface area contributed by atoms with Crippen LogP contribution in [-0.4, -0.2) is 47.5 Å². The Hall–Kier alpha value is -2.57. The van der Waals surface area contributed by atoms with E-state index in [1.807, 2.05) is 39.0 Å². The van der Waals surface area contributed by atoms with E-state index < -0.39 is 23.8 Å². The highest BCUT2D eigenvalue weighted by Crippen LogP contribution is 2.27. The molecule has 1 rings (SSSR count). The first-order chi connectivity index (χ1) is 15.4. The van der Waals surface area contributed by atoms with Crippen LogP contribution in [0.5, 0.6) is 0 Å². The molecule has 2 atom stereocenters. The van der Waals surface area contributed by atoms with Gasteiger partial charge in [-0.2, -0.15) is 0 Å². The molecule has 1 aromatic rings. The predicted molar refractivity (Wildman–Crippen MR) is 132 cm³/mol. The van der Waals surface area contributed by atoms with Crippen LogP contribution in [0.15, 0.2) is 18.2 Å². The van der Waals surface area contributed by atoms with Gasteiger partial charge in [-0.3, -0.25) is 9.59 Å². The fraction of sp³-hybridized carbons (Fsp3) is 0.654. The molecule has 1 aromatic carbocycles. The maximum Gasteiger partial charge on any atom is 0.408 e. The topological polar surface area (TPSA) is 87.7 Å². The monoisotopic (exact) mass is 461 g/mol. The Balaban J connectivity index is 3.25. The molecule has 33 heavy (non-hydrogen) atoms. The van der Waals surface area contributed by atoms with Gasteiger partial charge in [0, 0.05) is 13.1 Å². The zero-order chi connectivity index (χ0) is 25.2. The number of nitrogens with zero attached hydrogens (tertiary/aromatic N) is 1. The first-order valence-electron chi connectivity index (χ1n) is 12.1. The lowest BCUT2D eigenvalue weighted by Crippen LogP contribution is -2.52. The number of carbonyl (C=O) groups excluding carboxylic acids is 3. The fourth-order valence-corrected chi connectivity index (χ4v) is 3.61. The zero-order valence-corrected chi connectivity index (χ0v) is 21.7. The molecular formula is C26H43N3O4. The van der Waals surface area contributed by atoms with Crippen LogP contribution in [0.1, 0.15) is 90.0 Å². The summed E-state index contributed by atoms with van der Waals surface area (Å²) in [6.45, 7) is 15.9. The van der Waals surface area contributed by atoms with Crippen LogP contribution in [0, 0.1) is 13.8 Å². The largest absolute Gasteiger partial charge is 0.444 e. The highest BCUT2D eigenvalue weighted by atomic mass is 16.6. The molecule has 0 radical (unpaired) electrons. The molecule has 0 aliphatic rings. The summed E-state index contributed by atoms with van der Waals surface area (Å²) < 4.78 is 5.30. The maximum absolute atomic E-state index is 13.5. The lowest BCUT2D eigenvalue weighted by atomic mass is 9.95. The summed E-state index contributed by atoms with van der Waals surface area (Å²) >= 11 is 0. The molecule has 0 bridgehead atoms. The number of nitrogens with one attached hydrogen (secondary N) is 2. The Kier molecular flexibility index (Phi) is 11.4. The molecule has 2 N–H and O–H groups in total. The van der Waals surface area contributed by atoms with Gasteiger partial charge in [-0.15, -0.1) is 0 Å². The number of aryl methyl sites for hydroxylation is 1. The third-order valence-corrected chi connectivity index (χ3v) is 5.43. The minimum Gasteiger partial charge on any atom is -0.444 e. The van der Waals surface area contributed by atoms with E-state index in [1.54, 1.807) is 32.6 Å². The number of benzene rings is 1. The van der Waals surface area contributed by atoms with Gasteiger partial charge in [0.05, 0.1) is 0 Å². The van der Waals surface area contributed by atoms with Crippen molar-refractivity contribution in [1.82, 2.24) is 15.5 Å². The fourth-order valence-electron chi connectivity index (χ4n) is 3.61. The number of alkyl carbamates (subject to hydrolysis) is 1. The van der Waals surface area contributed by atoms with Gasteiger partial charge in [-0.05, 0) is 71.1 Å². The van der Waals surface area contributed by atoms with E-state index in [4.69, 9.17) is 4.74 Å². The van der Waals surface area contributed by atoms with Crippen LogP contribution in [0.2, 0.25) is 0 Å². The van der Waals surface area contributed by atoms with Crippen LogP contribution >= 0.6 is 0 Å². The van der Waals surface area contributed by atoms with Crippen molar-refractivity contribution in [3.05, 3.63) is 34.9 Å². The van der Waals surface area contributed by atoms with Crippen molar-refractivity contribution >= 4 is 17.9 Å². The van der Waals surface area contributed by atoms with Crippen molar-refractivity contribution < 1.29 is 19.1 Å². The van der Waals surface area contributed by atoms with Crippen molar-refractivity contribution in [3.8, 4) is 0 Å². The summed E-state index contributed by atoms with van der Waals surface area (Å²) in [6.07, 6.45) is 3.00. The maximum atomic E-state index is 13.5. The van der Waals surface area contributed by atoms with Crippen LogP contribution < -0.4 is 10.6 Å². The van der Waals surface area contributed by atoms with Crippen LogP contribution in [0.4, 0.5) is 4.79 Å². The quantitative estimate of drug-likeness (QED) is 0.463. The van der Waals surface area contributed by atoms with E-state index >= 15 is 0 Å². The summed E-state index contributed by atoms with van der Waals surface area (Å²) in [4.78, 5) is 40.7. The van der Waals surface area contributed by atoms with E-state index in [-0.39, 0.29) is 11.8 Å². The molecule has 0 spiro atoms. The lowest BCUT2D eigenvalue weighted by molar-refractivity contribution is -0.142. The van der Waals surface area contributed by atoms with Crippen molar-refractivity contribution in [3.63, 3.8) is 0 Å². The van der Waals surface area contributed by atoms with Gasteiger partial charge >= 0.3 is 6.09 Å². The van der Waals surface area contributed by atoms with Crippen LogP contribution in [0.3, 0.4) is 0 Å². The minimum absolute atomic E-state index is 0.203.